The Morgan fingerprint density at radius 3 is 2.52 bits per heavy atom. The van der Waals surface area contributed by atoms with Gasteiger partial charge < -0.3 is 4.42 Å². The van der Waals surface area contributed by atoms with E-state index < -0.39 is 10.0 Å². The number of halogens is 1. The summed E-state index contributed by atoms with van der Waals surface area (Å²) in [6, 6.07) is 19.8. The SMILES string of the molecule is O=S(=O)(Cc1cccc(Cl)c1)Nc1ccc2c(c1)oc1ccccc12. The second-order valence-electron chi connectivity index (χ2n) is 5.80. The van der Waals surface area contributed by atoms with Crippen LogP contribution in [0.4, 0.5) is 5.69 Å². The first-order valence-corrected chi connectivity index (χ1v) is 9.69. The molecule has 0 bridgehead atoms. The summed E-state index contributed by atoms with van der Waals surface area (Å²) >= 11 is 5.91. The van der Waals surface area contributed by atoms with Gasteiger partial charge in [-0.3, -0.25) is 4.72 Å². The summed E-state index contributed by atoms with van der Waals surface area (Å²) in [5, 5.41) is 2.47. The zero-order valence-corrected chi connectivity index (χ0v) is 14.6. The first kappa shape index (κ1) is 16.0. The van der Waals surface area contributed by atoms with Crippen LogP contribution >= 0.6 is 11.6 Å². The highest BCUT2D eigenvalue weighted by atomic mass is 35.5. The number of benzene rings is 3. The lowest BCUT2D eigenvalue weighted by Gasteiger charge is -2.08. The van der Waals surface area contributed by atoms with E-state index in [0.29, 0.717) is 21.9 Å². The maximum absolute atomic E-state index is 12.4. The second kappa shape index (κ2) is 6.10. The van der Waals surface area contributed by atoms with Crippen LogP contribution in [0.1, 0.15) is 5.56 Å². The molecule has 0 radical (unpaired) electrons. The van der Waals surface area contributed by atoms with Crippen LogP contribution in [0, 0.1) is 0 Å². The number of hydrogen-bond donors (Lipinski definition) is 1. The Bertz CT molecular complexity index is 1180. The number of para-hydroxylation sites is 1. The van der Waals surface area contributed by atoms with Crippen molar-refractivity contribution in [1.29, 1.82) is 0 Å². The van der Waals surface area contributed by atoms with E-state index in [1.807, 2.05) is 30.3 Å². The van der Waals surface area contributed by atoms with Gasteiger partial charge in [0.05, 0.1) is 11.4 Å². The lowest BCUT2D eigenvalue weighted by Crippen LogP contribution is -2.14. The molecule has 0 spiro atoms. The predicted molar refractivity (Wildman–Crippen MR) is 101 cm³/mol. The molecule has 6 heteroatoms. The Morgan fingerprint density at radius 2 is 1.68 bits per heavy atom. The van der Waals surface area contributed by atoms with Crippen molar-refractivity contribution in [2.24, 2.45) is 0 Å². The molecule has 0 amide bonds. The molecule has 4 nitrogen and oxygen atoms in total. The molecule has 0 aliphatic rings. The van der Waals surface area contributed by atoms with Crippen LogP contribution in [0.3, 0.4) is 0 Å². The highest BCUT2D eigenvalue weighted by Gasteiger charge is 2.14. The van der Waals surface area contributed by atoms with Crippen molar-refractivity contribution in [2.75, 3.05) is 4.72 Å². The van der Waals surface area contributed by atoms with Crippen LogP contribution < -0.4 is 4.72 Å². The van der Waals surface area contributed by atoms with Crippen molar-refractivity contribution in [1.82, 2.24) is 0 Å². The normalized spacial score (nSPS) is 11.9. The molecule has 0 aliphatic heterocycles. The number of rotatable bonds is 4. The Hall–Kier alpha value is -2.50. The maximum atomic E-state index is 12.4. The summed E-state index contributed by atoms with van der Waals surface area (Å²) in [6.45, 7) is 0. The van der Waals surface area contributed by atoms with Crippen molar-refractivity contribution in [3.05, 3.63) is 77.3 Å². The number of anilines is 1. The minimum Gasteiger partial charge on any atom is -0.456 e. The zero-order chi connectivity index (χ0) is 17.4. The van der Waals surface area contributed by atoms with Gasteiger partial charge >= 0.3 is 0 Å². The summed E-state index contributed by atoms with van der Waals surface area (Å²) in [5.74, 6) is -0.147. The molecular weight excluding hydrogens is 358 g/mol. The van der Waals surface area contributed by atoms with Crippen LogP contribution in [0.15, 0.2) is 71.1 Å². The van der Waals surface area contributed by atoms with Crippen molar-refractivity contribution in [3.8, 4) is 0 Å². The molecule has 3 aromatic carbocycles. The van der Waals surface area contributed by atoms with Crippen molar-refractivity contribution in [2.45, 2.75) is 5.75 Å². The van der Waals surface area contributed by atoms with Crippen LogP contribution in [0.5, 0.6) is 0 Å². The van der Waals surface area contributed by atoms with Crippen molar-refractivity contribution >= 4 is 49.3 Å². The summed E-state index contributed by atoms with van der Waals surface area (Å²) < 4.78 is 33.2. The van der Waals surface area contributed by atoms with Gasteiger partial charge in [-0.15, -0.1) is 0 Å². The number of sulfonamides is 1. The largest absolute Gasteiger partial charge is 0.456 e. The molecule has 0 unspecified atom stereocenters. The molecule has 126 valence electrons. The fourth-order valence-electron chi connectivity index (χ4n) is 2.85. The van der Waals surface area contributed by atoms with Gasteiger partial charge in [0.25, 0.3) is 0 Å². The summed E-state index contributed by atoms with van der Waals surface area (Å²) in [7, 11) is -3.55. The predicted octanol–water partition coefficient (Wildman–Crippen LogP) is 5.18. The summed E-state index contributed by atoms with van der Waals surface area (Å²) in [4.78, 5) is 0. The minimum atomic E-state index is -3.55. The van der Waals surface area contributed by atoms with Gasteiger partial charge in [-0.25, -0.2) is 8.42 Å². The molecular formula is C19H14ClNO3S. The van der Waals surface area contributed by atoms with Gasteiger partial charge in [-0.05, 0) is 35.9 Å². The number of fused-ring (bicyclic) bond motifs is 3. The van der Waals surface area contributed by atoms with Crippen molar-refractivity contribution in [3.63, 3.8) is 0 Å². The van der Waals surface area contributed by atoms with Gasteiger partial charge in [0.2, 0.25) is 10.0 Å². The Kier molecular flexibility index (Phi) is 3.90. The van der Waals surface area contributed by atoms with E-state index in [9.17, 15) is 8.42 Å². The van der Waals surface area contributed by atoms with Gasteiger partial charge in [0.1, 0.15) is 11.2 Å². The quantitative estimate of drug-likeness (QED) is 0.537. The Labute approximate surface area is 150 Å². The maximum Gasteiger partial charge on any atom is 0.236 e. The Morgan fingerprint density at radius 1 is 0.880 bits per heavy atom. The van der Waals surface area contributed by atoms with E-state index >= 15 is 0 Å². The summed E-state index contributed by atoms with van der Waals surface area (Å²) in [5.41, 5.74) is 2.51. The third-order valence-electron chi connectivity index (χ3n) is 3.90. The third-order valence-corrected chi connectivity index (χ3v) is 5.39. The molecule has 4 rings (SSSR count). The smallest absolute Gasteiger partial charge is 0.236 e. The van der Waals surface area contributed by atoms with E-state index in [2.05, 4.69) is 4.72 Å². The first-order chi connectivity index (χ1) is 12.0. The molecule has 0 saturated heterocycles. The average molecular weight is 372 g/mol. The molecule has 0 saturated carbocycles. The van der Waals surface area contributed by atoms with Crippen LogP contribution in [0.2, 0.25) is 5.02 Å². The minimum absolute atomic E-state index is 0.147. The highest BCUT2D eigenvalue weighted by molar-refractivity contribution is 7.91. The monoisotopic (exact) mass is 371 g/mol. The molecule has 0 fully saturated rings. The molecule has 25 heavy (non-hydrogen) atoms. The molecule has 1 N–H and O–H groups in total. The average Bonchev–Trinajstić information content (AvgIpc) is 2.91. The van der Waals surface area contributed by atoms with Gasteiger partial charge in [0, 0.05) is 21.9 Å². The standard InChI is InChI=1S/C19H14ClNO3S/c20-14-5-3-4-13(10-14)12-25(22,23)21-15-8-9-17-16-6-1-2-7-18(16)24-19(17)11-15/h1-11,21H,12H2. The fraction of sp³-hybridized carbons (Fsp3) is 0.0526. The lowest BCUT2D eigenvalue weighted by molar-refractivity contribution is 0.600. The van der Waals surface area contributed by atoms with E-state index in [1.165, 1.54) is 0 Å². The van der Waals surface area contributed by atoms with Crippen molar-refractivity contribution < 1.29 is 12.8 Å². The lowest BCUT2D eigenvalue weighted by atomic mass is 10.1. The second-order valence-corrected chi connectivity index (χ2v) is 7.96. The molecule has 1 heterocycles. The Balaban J connectivity index is 1.64. The number of hydrogen-bond acceptors (Lipinski definition) is 3. The van der Waals surface area contributed by atoms with E-state index in [0.717, 1.165) is 16.4 Å². The topological polar surface area (TPSA) is 59.3 Å². The van der Waals surface area contributed by atoms with Gasteiger partial charge in [0.15, 0.2) is 0 Å². The van der Waals surface area contributed by atoms with Crippen LogP contribution in [-0.4, -0.2) is 8.42 Å². The highest BCUT2D eigenvalue weighted by Crippen LogP contribution is 2.30. The van der Waals surface area contributed by atoms with Crippen LogP contribution in [-0.2, 0) is 15.8 Å². The van der Waals surface area contributed by atoms with E-state index in [1.54, 1.807) is 36.4 Å². The molecule has 0 atom stereocenters. The van der Waals surface area contributed by atoms with Gasteiger partial charge in [-0.2, -0.15) is 0 Å². The third kappa shape index (κ3) is 3.34. The zero-order valence-electron chi connectivity index (χ0n) is 13.1. The number of nitrogens with one attached hydrogen (secondary N) is 1. The first-order valence-electron chi connectivity index (χ1n) is 7.66. The fourth-order valence-corrected chi connectivity index (χ4v) is 4.24. The van der Waals surface area contributed by atoms with E-state index in [-0.39, 0.29) is 5.75 Å². The summed E-state index contributed by atoms with van der Waals surface area (Å²) in [6.07, 6.45) is 0. The van der Waals surface area contributed by atoms with Crippen LogP contribution in [0.25, 0.3) is 21.9 Å². The molecule has 1 aromatic heterocycles. The van der Waals surface area contributed by atoms with Gasteiger partial charge in [-0.1, -0.05) is 41.9 Å². The molecule has 4 aromatic rings. The molecule has 0 aliphatic carbocycles. The van der Waals surface area contributed by atoms with E-state index in [4.69, 9.17) is 16.0 Å². The number of furan rings is 1.